The van der Waals surface area contributed by atoms with Crippen molar-refractivity contribution >= 4 is 6.09 Å². The predicted octanol–water partition coefficient (Wildman–Crippen LogP) is 1.59. The maximum absolute atomic E-state index is 11.1. The molecule has 0 atom stereocenters. The molecule has 4 heteroatoms. The summed E-state index contributed by atoms with van der Waals surface area (Å²) in [6.45, 7) is 7.19. The number of hydrogen-bond donors (Lipinski definition) is 1. The van der Waals surface area contributed by atoms with E-state index in [9.17, 15) is 4.79 Å². The summed E-state index contributed by atoms with van der Waals surface area (Å²) in [5, 5.41) is 0. The predicted molar refractivity (Wildman–Crippen MR) is 59.6 cm³/mol. The van der Waals surface area contributed by atoms with Gasteiger partial charge in [-0.25, -0.2) is 4.79 Å². The summed E-state index contributed by atoms with van der Waals surface area (Å²) in [5.74, 6) is 0. The molecular formula is C11H22N2O2. The van der Waals surface area contributed by atoms with Crippen LogP contribution in [0.25, 0.3) is 0 Å². The second kappa shape index (κ2) is 5.35. The monoisotopic (exact) mass is 214 g/mol. The van der Waals surface area contributed by atoms with Crippen molar-refractivity contribution in [3.05, 3.63) is 0 Å². The van der Waals surface area contributed by atoms with Crippen molar-refractivity contribution in [2.24, 2.45) is 11.1 Å². The Hall–Kier alpha value is -0.770. The van der Waals surface area contributed by atoms with Crippen molar-refractivity contribution in [3.63, 3.8) is 0 Å². The van der Waals surface area contributed by atoms with E-state index in [4.69, 9.17) is 10.5 Å². The molecule has 1 saturated heterocycles. The van der Waals surface area contributed by atoms with E-state index in [1.54, 1.807) is 4.90 Å². The van der Waals surface area contributed by atoms with Gasteiger partial charge in [-0.15, -0.1) is 0 Å². The largest absolute Gasteiger partial charge is 0.448 e. The van der Waals surface area contributed by atoms with Gasteiger partial charge in [-0.05, 0) is 24.8 Å². The zero-order valence-corrected chi connectivity index (χ0v) is 9.79. The number of carbonyl (C=O) groups is 1. The highest BCUT2D eigenvalue weighted by Crippen LogP contribution is 2.21. The lowest BCUT2D eigenvalue weighted by Crippen LogP contribution is -2.26. The van der Waals surface area contributed by atoms with Crippen LogP contribution >= 0.6 is 0 Å². The molecule has 88 valence electrons. The fourth-order valence-corrected chi connectivity index (χ4v) is 1.64. The molecule has 0 saturated carbocycles. The summed E-state index contributed by atoms with van der Waals surface area (Å²) in [7, 11) is 0. The molecule has 0 aromatic rings. The molecule has 1 amide bonds. The van der Waals surface area contributed by atoms with Crippen LogP contribution in [0.1, 0.15) is 33.1 Å². The van der Waals surface area contributed by atoms with Crippen molar-refractivity contribution in [3.8, 4) is 0 Å². The van der Waals surface area contributed by atoms with Gasteiger partial charge in [0.15, 0.2) is 0 Å². The minimum Gasteiger partial charge on any atom is -0.448 e. The third kappa shape index (κ3) is 4.08. The number of hydrogen-bond acceptors (Lipinski definition) is 3. The fraction of sp³-hybridized carbons (Fsp3) is 0.909. The molecule has 1 rings (SSSR count). The summed E-state index contributed by atoms with van der Waals surface area (Å²) in [4.78, 5) is 12.9. The third-order valence-corrected chi connectivity index (χ3v) is 2.93. The van der Waals surface area contributed by atoms with Gasteiger partial charge < -0.3 is 15.4 Å². The van der Waals surface area contributed by atoms with Crippen LogP contribution in [0.5, 0.6) is 0 Å². The van der Waals surface area contributed by atoms with Gasteiger partial charge in [0.05, 0.1) is 6.54 Å². The topological polar surface area (TPSA) is 55.6 Å². The Morgan fingerprint density at radius 1 is 1.47 bits per heavy atom. The smallest absolute Gasteiger partial charge is 0.409 e. The Balaban J connectivity index is 2.09. The number of carbonyl (C=O) groups excluding carboxylic acids is 1. The molecule has 0 bridgehead atoms. The molecule has 1 fully saturated rings. The molecule has 1 aliphatic heterocycles. The van der Waals surface area contributed by atoms with Gasteiger partial charge in [-0.2, -0.15) is 0 Å². The van der Waals surface area contributed by atoms with Crippen LogP contribution in [0.3, 0.4) is 0 Å². The molecule has 1 aliphatic rings. The van der Waals surface area contributed by atoms with E-state index in [1.165, 1.54) is 0 Å². The van der Waals surface area contributed by atoms with Crippen LogP contribution in [-0.4, -0.2) is 37.2 Å². The number of amides is 1. The minimum atomic E-state index is -0.159. The van der Waals surface area contributed by atoms with Crippen LogP contribution in [-0.2, 0) is 4.74 Å². The van der Waals surface area contributed by atoms with Crippen LogP contribution in [0, 0.1) is 5.41 Å². The van der Waals surface area contributed by atoms with E-state index in [-0.39, 0.29) is 11.5 Å². The molecule has 0 radical (unpaired) electrons. The average Bonchev–Trinajstić information content (AvgIpc) is 2.59. The SMILES string of the molecule is CC(C)(CN)CCCCN1CCOC1=O. The maximum Gasteiger partial charge on any atom is 0.409 e. The zero-order chi connectivity index (χ0) is 11.3. The van der Waals surface area contributed by atoms with Gasteiger partial charge in [-0.1, -0.05) is 20.3 Å². The summed E-state index contributed by atoms with van der Waals surface area (Å²) >= 11 is 0. The van der Waals surface area contributed by atoms with Gasteiger partial charge in [0.25, 0.3) is 0 Å². The van der Waals surface area contributed by atoms with Crippen molar-refractivity contribution in [2.45, 2.75) is 33.1 Å². The molecule has 15 heavy (non-hydrogen) atoms. The standard InChI is InChI=1S/C11H22N2O2/c1-11(2,9-12)5-3-4-6-13-7-8-15-10(13)14/h3-9,12H2,1-2H3. The van der Waals surface area contributed by atoms with Gasteiger partial charge in [-0.3, -0.25) is 0 Å². The summed E-state index contributed by atoms with van der Waals surface area (Å²) in [6.07, 6.45) is 3.12. The van der Waals surface area contributed by atoms with Crippen molar-refractivity contribution in [2.75, 3.05) is 26.2 Å². The van der Waals surface area contributed by atoms with E-state index < -0.39 is 0 Å². The highest BCUT2D eigenvalue weighted by molar-refractivity contribution is 5.69. The number of rotatable bonds is 6. The van der Waals surface area contributed by atoms with Crippen molar-refractivity contribution in [1.29, 1.82) is 0 Å². The van der Waals surface area contributed by atoms with E-state index >= 15 is 0 Å². The Morgan fingerprint density at radius 2 is 2.20 bits per heavy atom. The normalized spacial score (nSPS) is 17.0. The van der Waals surface area contributed by atoms with Crippen molar-refractivity contribution < 1.29 is 9.53 Å². The van der Waals surface area contributed by atoms with Gasteiger partial charge in [0.2, 0.25) is 0 Å². The quantitative estimate of drug-likeness (QED) is 0.683. The van der Waals surface area contributed by atoms with Gasteiger partial charge >= 0.3 is 6.09 Å². The van der Waals surface area contributed by atoms with E-state index in [0.29, 0.717) is 6.61 Å². The fourth-order valence-electron chi connectivity index (χ4n) is 1.64. The summed E-state index contributed by atoms with van der Waals surface area (Å²) < 4.78 is 4.85. The van der Waals surface area contributed by atoms with Gasteiger partial charge in [0.1, 0.15) is 6.61 Å². The maximum atomic E-state index is 11.1. The number of unbranched alkanes of at least 4 members (excludes halogenated alkanes) is 1. The van der Waals surface area contributed by atoms with Crippen LogP contribution in [0.15, 0.2) is 0 Å². The van der Waals surface area contributed by atoms with Crippen LogP contribution in [0.2, 0.25) is 0 Å². The molecule has 0 aromatic heterocycles. The first kappa shape index (κ1) is 12.3. The molecule has 0 aliphatic carbocycles. The van der Waals surface area contributed by atoms with Gasteiger partial charge in [0, 0.05) is 6.54 Å². The van der Waals surface area contributed by atoms with E-state index in [2.05, 4.69) is 13.8 Å². The lowest BCUT2D eigenvalue weighted by atomic mass is 9.87. The lowest BCUT2D eigenvalue weighted by Gasteiger charge is -2.22. The van der Waals surface area contributed by atoms with Crippen molar-refractivity contribution in [1.82, 2.24) is 4.90 Å². The lowest BCUT2D eigenvalue weighted by molar-refractivity contribution is 0.157. The third-order valence-electron chi connectivity index (χ3n) is 2.93. The first-order valence-electron chi connectivity index (χ1n) is 5.67. The first-order valence-corrected chi connectivity index (χ1v) is 5.67. The zero-order valence-electron chi connectivity index (χ0n) is 9.79. The summed E-state index contributed by atoms with van der Waals surface area (Å²) in [5.41, 5.74) is 5.88. The average molecular weight is 214 g/mol. The second-order valence-electron chi connectivity index (χ2n) is 4.93. The Bertz CT molecular complexity index is 217. The highest BCUT2D eigenvalue weighted by atomic mass is 16.6. The molecule has 0 unspecified atom stereocenters. The number of ether oxygens (including phenoxy) is 1. The molecule has 4 nitrogen and oxygen atoms in total. The summed E-state index contributed by atoms with van der Waals surface area (Å²) in [6, 6.07) is 0. The minimum absolute atomic E-state index is 0.159. The molecule has 0 aromatic carbocycles. The molecular weight excluding hydrogens is 192 g/mol. The molecule has 0 spiro atoms. The van der Waals surface area contributed by atoms with E-state index in [1.807, 2.05) is 0 Å². The Morgan fingerprint density at radius 3 is 2.73 bits per heavy atom. The van der Waals surface area contributed by atoms with Crippen LogP contribution < -0.4 is 5.73 Å². The molecule has 1 heterocycles. The number of nitrogens with two attached hydrogens (primary N) is 1. The number of nitrogens with zero attached hydrogens (tertiary/aromatic N) is 1. The Labute approximate surface area is 91.8 Å². The van der Waals surface area contributed by atoms with E-state index in [0.717, 1.165) is 38.9 Å². The highest BCUT2D eigenvalue weighted by Gasteiger charge is 2.21. The van der Waals surface area contributed by atoms with Crippen LogP contribution in [0.4, 0.5) is 4.79 Å². The molecule has 2 N–H and O–H groups in total. The second-order valence-corrected chi connectivity index (χ2v) is 4.93. The first-order chi connectivity index (χ1) is 7.05. The number of cyclic esters (lactones) is 1. The Kier molecular flexibility index (Phi) is 4.39.